The number of thioether (sulfide) groups is 1. The molecular formula is C23H28N4O3S2. The number of hydrogen-bond acceptors (Lipinski definition) is 6. The van der Waals surface area contributed by atoms with E-state index in [1.165, 1.54) is 4.31 Å². The molecule has 0 N–H and O–H groups in total. The monoisotopic (exact) mass is 472 g/mol. The fourth-order valence-corrected chi connectivity index (χ4v) is 5.86. The Balaban J connectivity index is 1.80. The van der Waals surface area contributed by atoms with Crippen molar-refractivity contribution in [3.8, 4) is 17.1 Å². The molecule has 1 aromatic heterocycles. The summed E-state index contributed by atoms with van der Waals surface area (Å²) in [5.41, 5.74) is 2.64. The summed E-state index contributed by atoms with van der Waals surface area (Å²) in [6.07, 6.45) is 0. The van der Waals surface area contributed by atoms with E-state index in [0.717, 1.165) is 27.7 Å². The average Bonchev–Trinajstić information content (AvgIpc) is 3.22. The highest BCUT2D eigenvalue weighted by molar-refractivity contribution is 7.99. The number of hydrogen-bond donors (Lipinski definition) is 0. The molecule has 3 aromatic rings. The Morgan fingerprint density at radius 2 is 1.78 bits per heavy atom. The third-order valence-corrected chi connectivity index (χ3v) is 8.50. The second kappa shape index (κ2) is 9.74. The number of sulfonamides is 1. The van der Waals surface area contributed by atoms with Gasteiger partial charge in [0.1, 0.15) is 0 Å². The first-order valence-corrected chi connectivity index (χ1v) is 13.1. The Labute approximate surface area is 193 Å². The van der Waals surface area contributed by atoms with E-state index < -0.39 is 10.0 Å². The van der Waals surface area contributed by atoms with Crippen LogP contribution in [-0.4, -0.2) is 59.5 Å². The summed E-state index contributed by atoms with van der Waals surface area (Å²) in [7, 11) is -3.61. The molecule has 32 heavy (non-hydrogen) atoms. The highest BCUT2D eigenvalue weighted by atomic mass is 32.2. The quantitative estimate of drug-likeness (QED) is 0.484. The lowest BCUT2D eigenvalue weighted by Gasteiger charge is -2.26. The minimum absolute atomic E-state index is 0.263. The van der Waals surface area contributed by atoms with Gasteiger partial charge in [-0.1, -0.05) is 49.9 Å². The van der Waals surface area contributed by atoms with Crippen LogP contribution in [0.25, 0.3) is 17.1 Å². The molecule has 2 heterocycles. The van der Waals surface area contributed by atoms with E-state index in [0.29, 0.717) is 38.0 Å². The van der Waals surface area contributed by atoms with Gasteiger partial charge in [-0.15, -0.1) is 10.2 Å². The van der Waals surface area contributed by atoms with Gasteiger partial charge in [0.25, 0.3) is 0 Å². The number of rotatable bonds is 7. The number of aryl methyl sites for hydroxylation is 1. The van der Waals surface area contributed by atoms with Gasteiger partial charge in [-0.25, -0.2) is 8.42 Å². The van der Waals surface area contributed by atoms with Gasteiger partial charge >= 0.3 is 0 Å². The highest BCUT2D eigenvalue weighted by Crippen LogP contribution is 2.32. The maximum absolute atomic E-state index is 13.2. The molecule has 0 aliphatic carbocycles. The van der Waals surface area contributed by atoms with E-state index >= 15 is 0 Å². The van der Waals surface area contributed by atoms with E-state index in [9.17, 15) is 8.42 Å². The molecule has 0 bridgehead atoms. The van der Waals surface area contributed by atoms with Crippen LogP contribution in [0.15, 0.2) is 58.6 Å². The van der Waals surface area contributed by atoms with Crippen LogP contribution in [0.3, 0.4) is 0 Å². The molecule has 9 heteroatoms. The van der Waals surface area contributed by atoms with Crippen molar-refractivity contribution >= 4 is 21.8 Å². The average molecular weight is 473 g/mol. The maximum atomic E-state index is 13.2. The van der Waals surface area contributed by atoms with Crippen LogP contribution in [0.5, 0.6) is 0 Å². The van der Waals surface area contributed by atoms with Gasteiger partial charge in [0.15, 0.2) is 11.0 Å². The SMILES string of the molecule is Cc1ccc(S(=O)(=O)N2CCOCC2)cc1-c1nnc(SCC(C)C)n1-c1ccccc1. The molecule has 0 radical (unpaired) electrons. The zero-order chi connectivity index (χ0) is 22.7. The normalized spacial score (nSPS) is 15.4. The molecule has 0 amide bonds. The second-order valence-electron chi connectivity index (χ2n) is 8.18. The highest BCUT2D eigenvalue weighted by Gasteiger charge is 2.28. The van der Waals surface area contributed by atoms with Crippen molar-refractivity contribution in [2.24, 2.45) is 5.92 Å². The van der Waals surface area contributed by atoms with Crippen molar-refractivity contribution in [3.05, 3.63) is 54.1 Å². The van der Waals surface area contributed by atoms with Crippen molar-refractivity contribution in [3.63, 3.8) is 0 Å². The Kier molecular flexibility index (Phi) is 6.99. The number of morpholine rings is 1. The topological polar surface area (TPSA) is 77.3 Å². The van der Waals surface area contributed by atoms with Crippen LogP contribution in [0.1, 0.15) is 19.4 Å². The third kappa shape index (κ3) is 4.76. The van der Waals surface area contributed by atoms with Gasteiger partial charge in [0.2, 0.25) is 10.0 Å². The molecule has 0 unspecified atom stereocenters. The summed E-state index contributed by atoms with van der Waals surface area (Å²) in [5, 5.41) is 9.76. The van der Waals surface area contributed by atoms with E-state index in [2.05, 4.69) is 24.0 Å². The first-order chi connectivity index (χ1) is 15.4. The first-order valence-electron chi connectivity index (χ1n) is 10.7. The van der Waals surface area contributed by atoms with Gasteiger partial charge < -0.3 is 4.74 Å². The number of ether oxygens (including phenoxy) is 1. The van der Waals surface area contributed by atoms with E-state index in [1.54, 1.807) is 23.9 Å². The van der Waals surface area contributed by atoms with Crippen molar-refractivity contribution in [1.82, 2.24) is 19.1 Å². The maximum Gasteiger partial charge on any atom is 0.243 e. The fraction of sp³-hybridized carbons (Fsp3) is 0.391. The Bertz CT molecular complexity index is 1170. The zero-order valence-electron chi connectivity index (χ0n) is 18.6. The van der Waals surface area contributed by atoms with Crippen LogP contribution in [0.4, 0.5) is 0 Å². The molecule has 2 aromatic carbocycles. The predicted molar refractivity (Wildman–Crippen MR) is 127 cm³/mol. The lowest BCUT2D eigenvalue weighted by Crippen LogP contribution is -2.40. The summed E-state index contributed by atoms with van der Waals surface area (Å²) in [6, 6.07) is 15.2. The minimum atomic E-state index is -3.61. The molecular weight excluding hydrogens is 444 g/mol. The molecule has 4 rings (SSSR count). The van der Waals surface area contributed by atoms with Crippen LogP contribution < -0.4 is 0 Å². The molecule has 1 fully saturated rings. The zero-order valence-corrected chi connectivity index (χ0v) is 20.2. The van der Waals surface area contributed by atoms with Gasteiger partial charge in [0.05, 0.1) is 18.1 Å². The predicted octanol–water partition coefficient (Wildman–Crippen LogP) is 4.01. The number of nitrogens with zero attached hydrogens (tertiary/aromatic N) is 4. The molecule has 0 saturated carbocycles. The van der Waals surface area contributed by atoms with Crippen molar-refractivity contribution < 1.29 is 13.2 Å². The number of para-hydroxylation sites is 1. The summed E-state index contributed by atoms with van der Waals surface area (Å²) in [4.78, 5) is 0.263. The van der Waals surface area contributed by atoms with Gasteiger partial charge in [-0.2, -0.15) is 4.31 Å². The summed E-state index contributed by atoms with van der Waals surface area (Å²) < 4.78 is 35.3. The van der Waals surface area contributed by atoms with Crippen molar-refractivity contribution in [2.45, 2.75) is 30.8 Å². The summed E-state index contributed by atoms with van der Waals surface area (Å²) in [6.45, 7) is 7.85. The van der Waals surface area contributed by atoms with Crippen LogP contribution in [-0.2, 0) is 14.8 Å². The van der Waals surface area contributed by atoms with Crippen molar-refractivity contribution in [1.29, 1.82) is 0 Å². The lowest BCUT2D eigenvalue weighted by molar-refractivity contribution is 0.0730. The van der Waals surface area contributed by atoms with Crippen LogP contribution >= 0.6 is 11.8 Å². The van der Waals surface area contributed by atoms with E-state index in [-0.39, 0.29) is 4.90 Å². The summed E-state index contributed by atoms with van der Waals surface area (Å²) >= 11 is 1.65. The van der Waals surface area contributed by atoms with Gasteiger partial charge in [-0.3, -0.25) is 4.57 Å². The van der Waals surface area contributed by atoms with Gasteiger partial charge in [-0.05, 0) is 42.7 Å². The van der Waals surface area contributed by atoms with Crippen LogP contribution in [0, 0.1) is 12.8 Å². The Hall–Kier alpha value is -2.20. The molecule has 7 nitrogen and oxygen atoms in total. The van der Waals surface area contributed by atoms with Crippen molar-refractivity contribution in [2.75, 3.05) is 32.1 Å². The van der Waals surface area contributed by atoms with E-state index in [1.807, 2.05) is 47.9 Å². The molecule has 0 atom stereocenters. The standard InChI is InChI=1S/C23H28N4O3S2/c1-17(2)16-31-23-25-24-22(27(23)19-7-5-4-6-8-19)21-15-20(10-9-18(21)3)32(28,29)26-11-13-30-14-12-26/h4-10,15,17H,11-14,16H2,1-3H3. The second-order valence-corrected chi connectivity index (χ2v) is 11.1. The smallest absolute Gasteiger partial charge is 0.243 e. The van der Waals surface area contributed by atoms with E-state index in [4.69, 9.17) is 4.74 Å². The molecule has 1 aliphatic heterocycles. The minimum Gasteiger partial charge on any atom is -0.379 e. The molecule has 0 spiro atoms. The summed E-state index contributed by atoms with van der Waals surface area (Å²) in [5.74, 6) is 2.06. The van der Waals surface area contributed by atoms with Crippen LogP contribution in [0.2, 0.25) is 0 Å². The third-order valence-electron chi connectivity index (χ3n) is 5.25. The molecule has 1 saturated heterocycles. The van der Waals surface area contributed by atoms with Gasteiger partial charge in [0, 0.05) is 30.1 Å². The number of benzene rings is 2. The Morgan fingerprint density at radius 1 is 1.06 bits per heavy atom. The first kappa shape index (κ1) is 23.0. The number of aromatic nitrogens is 3. The fourth-order valence-electron chi connectivity index (χ4n) is 3.53. The molecule has 1 aliphatic rings. The molecule has 170 valence electrons. The largest absolute Gasteiger partial charge is 0.379 e. The lowest BCUT2D eigenvalue weighted by atomic mass is 10.1. The Morgan fingerprint density at radius 3 is 2.47 bits per heavy atom.